The minimum absolute atomic E-state index is 0.170. The van der Waals surface area contributed by atoms with Gasteiger partial charge in [0.25, 0.3) is 0 Å². The van der Waals surface area contributed by atoms with E-state index in [0.29, 0.717) is 17.9 Å². The zero-order valence-corrected chi connectivity index (χ0v) is 27.5. The van der Waals surface area contributed by atoms with Crippen molar-refractivity contribution in [3.8, 4) is 0 Å². The SMILES string of the molecule is CN(C)C(c1ccc(F)cc1)C1CCC(CC(CNc2ccccc2)c2nc(Cc3ccccc3)c(N3CCSCC3)o2)CC1. The molecule has 1 saturated heterocycles. The maximum Gasteiger partial charge on any atom is 0.219 e. The van der Waals surface area contributed by atoms with Gasteiger partial charge in [0.1, 0.15) is 11.5 Å². The summed E-state index contributed by atoms with van der Waals surface area (Å²) in [6.45, 7) is 2.79. The van der Waals surface area contributed by atoms with Crippen molar-refractivity contribution in [1.82, 2.24) is 9.88 Å². The van der Waals surface area contributed by atoms with Gasteiger partial charge in [-0.3, -0.25) is 0 Å². The smallest absolute Gasteiger partial charge is 0.219 e. The van der Waals surface area contributed by atoms with E-state index in [4.69, 9.17) is 9.40 Å². The van der Waals surface area contributed by atoms with Gasteiger partial charge in [0.15, 0.2) is 0 Å². The van der Waals surface area contributed by atoms with Crippen molar-refractivity contribution >= 4 is 23.3 Å². The van der Waals surface area contributed by atoms with Crippen molar-refractivity contribution in [2.45, 2.75) is 50.5 Å². The molecule has 2 aliphatic rings. The van der Waals surface area contributed by atoms with Gasteiger partial charge in [0.05, 0.1) is 5.92 Å². The van der Waals surface area contributed by atoms with Crippen LogP contribution in [0.5, 0.6) is 0 Å². The Labute approximate surface area is 272 Å². The highest BCUT2D eigenvalue weighted by Crippen LogP contribution is 2.43. The highest BCUT2D eigenvalue weighted by atomic mass is 32.2. The van der Waals surface area contributed by atoms with Crippen LogP contribution in [-0.4, -0.2) is 55.1 Å². The molecule has 1 N–H and O–H groups in total. The molecule has 1 aliphatic heterocycles. The van der Waals surface area contributed by atoms with E-state index in [1.54, 1.807) is 12.1 Å². The molecule has 0 bridgehead atoms. The summed E-state index contributed by atoms with van der Waals surface area (Å²) >= 11 is 2.01. The number of thioether (sulfide) groups is 1. The molecular formula is C38H47FN4OS. The van der Waals surface area contributed by atoms with Crippen LogP contribution in [0.25, 0.3) is 0 Å². The maximum atomic E-state index is 13.7. The monoisotopic (exact) mass is 626 g/mol. The second-order valence-electron chi connectivity index (χ2n) is 13.0. The molecule has 5 nitrogen and oxygen atoms in total. The molecule has 2 unspecified atom stereocenters. The first-order chi connectivity index (χ1) is 22.0. The molecule has 7 heteroatoms. The Morgan fingerprint density at radius 3 is 2.24 bits per heavy atom. The fourth-order valence-electron chi connectivity index (χ4n) is 7.32. The Hall–Kier alpha value is -3.29. The van der Waals surface area contributed by atoms with Gasteiger partial charge >= 0.3 is 0 Å². The van der Waals surface area contributed by atoms with E-state index in [1.165, 1.54) is 36.8 Å². The standard InChI is InChI=1S/C38H47FN4OS/c1-42(2)36(31-17-19-33(39)20-18-31)30-15-13-29(14-16-30)25-32(27-40-34-11-7-4-8-12-34)37-41-35(26-28-9-5-3-6-10-28)38(44-37)43-21-23-45-24-22-43/h3-12,17-20,29-30,32,36,40H,13-16,21-27H2,1-2H3. The molecule has 3 aromatic carbocycles. The number of benzene rings is 3. The molecule has 1 aromatic heterocycles. The molecule has 0 amide bonds. The summed E-state index contributed by atoms with van der Waals surface area (Å²) in [7, 11) is 4.30. The lowest BCUT2D eigenvalue weighted by Crippen LogP contribution is -2.32. The lowest BCUT2D eigenvalue weighted by molar-refractivity contribution is 0.143. The Kier molecular flexibility index (Phi) is 10.8. The van der Waals surface area contributed by atoms with Gasteiger partial charge in [0, 0.05) is 49.3 Å². The topological polar surface area (TPSA) is 44.5 Å². The highest BCUT2D eigenvalue weighted by Gasteiger charge is 2.33. The number of para-hydroxylation sites is 1. The van der Waals surface area contributed by atoms with Gasteiger partial charge in [-0.15, -0.1) is 0 Å². The van der Waals surface area contributed by atoms with Crippen molar-refractivity contribution in [2.75, 3.05) is 55.5 Å². The van der Waals surface area contributed by atoms with E-state index in [9.17, 15) is 4.39 Å². The summed E-state index contributed by atoms with van der Waals surface area (Å²) in [6, 6.07) is 28.6. The summed E-state index contributed by atoms with van der Waals surface area (Å²) < 4.78 is 20.5. The summed E-state index contributed by atoms with van der Waals surface area (Å²) in [6.07, 6.45) is 6.55. The van der Waals surface area contributed by atoms with Gasteiger partial charge in [-0.2, -0.15) is 11.8 Å². The van der Waals surface area contributed by atoms with Crippen LogP contribution in [0.15, 0.2) is 89.3 Å². The Morgan fingerprint density at radius 2 is 1.58 bits per heavy atom. The van der Waals surface area contributed by atoms with Crippen LogP contribution in [0, 0.1) is 17.7 Å². The molecule has 6 rings (SSSR count). The van der Waals surface area contributed by atoms with E-state index in [-0.39, 0.29) is 11.7 Å². The normalized spacial score (nSPS) is 20.2. The number of hydrogen-bond acceptors (Lipinski definition) is 6. The van der Waals surface area contributed by atoms with Crippen molar-refractivity contribution in [3.63, 3.8) is 0 Å². The van der Waals surface area contributed by atoms with E-state index >= 15 is 0 Å². The van der Waals surface area contributed by atoms with Gasteiger partial charge in [-0.1, -0.05) is 73.5 Å². The quantitative estimate of drug-likeness (QED) is 0.170. The lowest BCUT2D eigenvalue weighted by atomic mass is 9.74. The second kappa shape index (κ2) is 15.3. The molecule has 45 heavy (non-hydrogen) atoms. The first-order valence-corrected chi connectivity index (χ1v) is 17.8. The first kappa shape index (κ1) is 31.7. The minimum Gasteiger partial charge on any atom is -0.424 e. The summed E-state index contributed by atoms with van der Waals surface area (Å²) in [5.41, 5.74) is 4.66. The predicted molar refractivity (Wildman–Crippen MR) is 186 cm³/mol. The number of anilines is 2. The average molecular weight is 627 g/mol. The zero-order valence-electron chi connectivity index (χ0n) is 26.7. The van der Waals surface area contributed by atoms with E-state index in [0.717, 1.165) is 67.1 Å². The summed E-state index contributed by atoms with van der Waals surface area (Å²) in [5, 5.41) is 3.70. The third-order valence-corrected chi connectivity index (χ3v) is 10.5. The van der Waals surface area contributed by atoms with Gasteiger partial charge in [0.2, 0.25) is 11.8 Å². The largest absolute Gasteiger partial charge is 0.424 e. The van der Waals surface area contributed by atoms with Crippen molar-refractivity contribution < 1.29 is 8.81 Å². The Morgan fingerprint density at radius 1 is 0.911 bits per heavy atom. The van der Waals surface area contributed by atoms with Gasteiger partial charge < -0.3 is 19.5 Å². The van der Waals surface area contributed by atoms with Crippen LogP contribution in [0.2, 0.25) is 0 Å². The highest BCUT2D eigenvalue weighted by molar-refractivity contribution is 7.99. The first-order valence-electron chi connectivity index (χ1n) is 16.6. The molecular weight excluding hydrogens is 580 g/mol. The fourth-order valence-corrected chi connectivity index (χ4v) is 8.22. The maximum absolute atomic E-state index is 13.7. The van der Waals surface area contributed by atoms with E-state index in [2.05, 4.69) is 89.9 Å². The minimum atomic E-state index is -0.170. The van der Waals surface area contributed by atoms with Crippen LogP contribution in [0.1, 0.15) is 66.8 Å². The molecule has 2 fully saturated rings. The summed E-state index contributed by atoms with van der Waals surface area (Å²) in [4.78, 5) is 10.0. The van der Waals surface area contributed by atoms with Gasteiger partial charge in [-0.25, -0.2) is 9.37 Å². The lowest BCUT2D eigenvalue weighted by Gasteiger charge is -2.38. The third kappa shape index (κ3) is 8.30. The third-order valence-electron chi connectivity index (χ3n) is 9.61. The molecule has 238 valence electrons. The molecule has 2 heterocycles. The zero-order chi connectivity index (χ0) is 31.0. The number of nitrogens with zero attached hydrogens (tertiary/aromatic N) is 3. The molecule has 1 aliphatic carbocycles. The average Bonchev–Trinajstić information content (AvgIpc) is 3.49. The van der Waals surface area contributed by atoms with Crippen LogP contribution in [0.4, 0.5) is 16.0 Å². The second-order valence-corrected chi connectivity index (χ2v) is 14.2. The number of aromatic nitrogens is 1. The van der Waals surface area contributed by atoms with Crippen LogP contribution < -0.4 is 10.2 Å². The predicted octanol–water partition coefficient (Wildman–Crippen LogP) is 8.65. The molecule has 0 radical (unpaired) electrons. The van der Waals surface area contributed by atoms with E-state index in [1.807, 2.05) is 23.9 Å². The van der Waals surface area contributed by atoms with E-state index < -0.39 is 0 Å². The number of hydrogen-bond donors (Lipinski definition) is 1. The fraction of sp³-hybridized carbons (Fsp3) is 0.447. The Balaban J connectivity index is 1.21. The number of rotatable bonds is 12. The van der Waals surface area contributed by atoms with Crippen molar-refractivity contribution in [2.24, 2.45) is 11.8 Å². The Bertz CT molecular complexity index is 1450. The number of halogens is 1. The van der Waals surface area contributed by atoms with Gasteiger partial charge in [-0.05, 0) is 80.6 Å². The van der Waals surface area contributed by atoms with Crippen LogP contribution in [0.3, 0.4) is 0 Å². The molecule has 2 atom stereocenters. The molecule has 0 spiro atoms. The van der Waals surface area contributed by atoms with Crippen LogP contribution in [-0.2, 0) is 6.42 Å². The molecule has 4 aromatic rings. The number of nitrogens with one attached hydrogen (secondary N) is 1. The molecule has 1 saturated carbocycles. The summed E-state index contributed by atoms with van der Waals surface area (Å²) in [5.74, 6) is 5.26. The van der Waals surface area contributed by atoms with Crippen LogP contribution >= 0.6 is 11.8 Å². The van der Waals surface area contributed by atoms with Crippen molar-refractivity contribution in [1.29, 1.82) is 0 Å². The van der Waals surface area contributed by atoms with Crippen molar-refractivity contribution in [3.05, 3.63) is 113 Å². The number of oxazole rings is 1.